The van der Waals surface area contributed by atoms with Crippen LogP contribution in [-0.2, 0) is 14.3 Å². The summed E-state index contributed by atoms with van der Waals surface area (Å²) < 4.78 is 5.06. The number of thioether (sulfide) groups is 1. The van der Waals surface area contributed by atoms with E-state index in [1.165, 1.54) is 11.8 Å². The molecule has 0 fully saturated rings. The number of likely N-dealkylation sites (N-methyl/N-ethyl adjacent to an activating group) is 1. The Kier molecular flexibility index (Phi) is 5.65. The van der Waals surface area contributed by atoms with Gasteiger partial charge in [0, 0.05) is 18.0 Å². The van der Waals surface area contributed by atoms with Crippen LogP contribution in [0, 0.1) is 0 Å². The number of carbonyl (C=O) groups is 3. The number of hydrogen-bond donors (Lipinski definition) is 1. The fourth-order valence-electron chi connectivity index (χ4n) is 2.21. The number of benzene rings is 1. The van der Waals surface area contributed by atoms with Crippen molar-refractivity contribution in [1.29, 1.82) is 0 Å². The van der Waals surface area contributed by atoms with Gasteiger partial charge in [-0.3, -0.25) is 9.59 Å². The van der Waals surface area contributed by atoms with E-state index in [1.54, 1.807) is 23.1 Å². The molecule has 2 rings (SSSR count). The predicted octanol–water partition coefficient (Wildman–Crippen LogP) is 2.14. The largest absolute Gasteiger partial charge is 0.452 e. The number of fused-ring (bicyclic) bond motifs is 1. The van der Waals surface area contributed by atoms with Crippen LogP contribution >= 0.6 is 11.8 Å². The maximum absolute atomic E-state index is 12.1. The highest BCUT2D eigenvalue weighted by atomic mass is 32.2. The second-order valence-electron chi connectivity index (χ2n) is 5.10. The van der Waals surface area contributed by atoms with Crippen LogP contribution in [0.15, 0.2) is 23.1 Å². The Bertz CT molecular complexity index is 629. The minimum absolute atomic E-state index is 0.0928. The van der Waals surface area contributed by atoms with Crippen LogP contribution in [0.4, 0.5) is 5.69 Å². The van der Waals surface area contributed by atoms with Gasteiger partial charge in [-0.25, -0.2) is 4.79 Å². The van der Waals surface area contributed by atoms with Crippen LogP contribution in [0.5, 0.6) is 0 Å². The fourth-order valence-corrected chi connectivity index (χ4v) is 3.14. The zero-order valence-corrected chi connectivity index (χ0v) is 14.2. The normalized spacial score (nSPS) is 16.3. The van der Waals surface area contributed by atoms with Gasteiger partial charge >= 0.3 is 5.97 Å². The van der Waals surface area contributed by atoms with Gasteiger partial charge in [0.05, 0.1) is 16.5 Å². The predicted molar refractivity (Wildman–Crippen MR) is 88.6 cm³/mol. The Morgan fingerprint density at radius 2 is 2.00 bits per heavy atom. The number of nitrogens with one attached hydrogen (secondary N) is 1. The fraction of sp³-hybridized carbons (Fsp3) is 0.438. The number of amides is 2. The monoisotopic (exact) mass is 336 g/mol. The van der Waals surface area contributed by atoms with Gasteiger partial charge in [-0.1, -0.05) is 0 Å². The Morgan fingerprint density at radius 3 is 2.65 bits per heavy atom. The van der Waals surface area contributed by atoms with Crippen LogP contribution in [-0.4, -0.2) is 47.6 Å². The van der Waals surface area contributed by atoms with Crippen molar-refractivity contribution in [1.82, 2.24) is 4.90 Å². The number of rotatable bonds is 5. The van der Waals surface area contributed by atoms with Gasteiger partial charge in [-0.2, -0.15) is 0 Å². The highest BCUT2D eigenvalue weighted by molar-refractivity contribution is 8.00. The number of anilines is 1. The number of esters is 1. The van der Waals surface area contributed by atoms with E-state index in [0.717, 1.165) is 4.90 Å². The number of carbonyl (C=O) groups excluding carboxylic acids is 3. The van der Waals surface area contributed by atoms with E-state index >= 15 is 0 Å². The zero-order valence-electron chi connectivity index (χ0n) is 13.4. The van der Waals surface area contributed by atoms with Crippen molar-refractivity contribution >= 4 is 35.2 Å². The molecule has 0 radical (unpaired) electrons. The molecular formula is C16H20N2O4S. The van der Waals surface area contributed by atoms with Crippen molar-refractivity contribution in [2.75, 3.05) is 25.0 Å². The van der Waals surface area contributed by atoms with E-state index in [0.29, 0.717) is 24.3 Å². The standard InChI is InChI=1S/C16H20N2O4S/c1-4-18(5-2)14(19)9-22-16(21)11-6-7-13-12(8-11)17-15(20)10(3)23-13/h6-8,10H,4-5,9H2,1-3H3,(H,17,20)/t10-/m0/s1. The molecule has 0 bridgehead atoms. The lowest BCUT2D eigenvalue weighted by molar-refractivity contribution is -0.134. The van der Waals surface area contributed by atoms with E-state index < -0.39 is 5.97 Å². The highest BCUT2D eigenvalue weighted by Gasteiger charge is 2.24. The summed E-state index contributed by atoms with van der Waals surface area (Å²) in [6, 6.07) is 5.00. The average Bonchev–Trinajstić information content (AvgIpc) is 2.54. The molecule has 23 heavy (non-hydrogen) atoms. The average molecular weight is 336 g/mol. The van der Waals surface area contributed by atoms with Crippen molar-refractivity contribution in [2.24, 2.45) is 0 Å². The summed E-state index contributed by atoms with van der Waals surface area (Å²) in [6.45, 7) is 6.43. The maximum Gasteiger partial charge on any atom is 0.338 e. The van der Waals surface area contributed by atoms with Gasteiger partial charge in [-0.05, 0) is 39.0 Å². The van der Waals surface area contributed by atoms with Crippen LogP contribution in [0.25, 0.3) is 0 Å². The summed E-state index contributed by atoms with van der Waals surface area (Å²) in [5.74, 6) is -0.894. The first-order valence-electron chi connectivity index (χ1n) is 7.52. The highest BCUT2D eigenvalue weighted by Crippen LogP contribution is 2.35. The second kappa shape index (κ2) is 7.50. The molecule has 1 aromatic rings. The molecule has 0 aromatic heterocycles. The molecule has 0 unspecified atom stereocenters. The summed E-state index contributed by atoms with van der Waals surface area (Å²) >= 11 is 1.44. The number of nitrogens with zero attached hydrogens (tertiary/aromatic N) is 1. The molecule has 0 spiro atoms. The van der Waals surface area contributed by atoms with E-state index in [1.807, 2.05) is 20.8 Å². The number of hydrogen-bond acceptors (Lipinski definition) is 5. The Hall–Kier alpha value is -2.02. The van der Waals surface area contributed by atoms with Gasteiger partial charge in [0.1, 0.15) is 0 Å². The number of ether oxygens (including phenoxy) is 1. The topological polar surface area (TPSA) is 75.7 Å². The summed E-state index contributed by atoms with van der Waals surface area (Å²) in [5.41, 5.74) is 0.911. The van der Waals surface area contributed by atoms with E-state index in [9.17, 15) is 14.4 Å². The van der Waals surface area contributed by atoms with Crippen molar-refractivity contribution in [3.05, 3.63) is 23.8 Å². The molecular weight excluding hydrogens is 316 g/mol. The quantitative estimate of drug-likeness (QED) is 0.834. The first-order valence-corrected chi connectivity index (χ1v) is 8.40. The van der Waals surface area contributed by atoms with Crippen LogP contribution in [0.1, 0.15) is 31.1 Å². The minimum atomic E-state index is -0.578. The molecule has 1 atom stereocenters. The third kappa shape index (κ3) is 4.04. The van der Waals surface area contributed by atoms with Crippen molar-refractivity contribution < 1.29 is 19.1 Å². The molecule has 1 aromatic carbocycles. The smallest absolute Gasteiger partial charge is 0.338 e. The summed E-state index contributed by atoms with van der Waals surface area (Å²) in [5, 5.41) is 2.60. The Morgan fingerprint density at radius 1 is 1.30 bits per heavy atom. The SMILES string of the molecule is CCN(CC)C(=O)COC(=O)c1ccc2c(c1)NC(=O)[C@H](C)S2. The molecule has 1 N–H and O–H groups in total. The molecule has 0 saturated heterocycles. The summed E-state index contributed by atoms with van der Waals surface area (Å²) in [4.78, 5) is 38.1. The van der Waals surface area contributed by atoms with Crippen LogP contribution in [0.3, 0.4) is 0 Å². The Balaban J connectivity index is 2.02. The lowest BCUT2D eigenvalue weighted by Gasteiger charge is -2.21. The summed E-state index contributed by atoms with van der Waals surface area (Å²) in [6.07, 6.45) is 0. The van der Waals surface area contributed by atoms with Crippen LogP contribution < -0.4 is 5.32 Å². The third-order valence-electron chi connectivity index (χ3n) is 3.59. The van der Waals surface area contributed by atoms with E-state index in [-0.39, 0.29) is 23.7 Å². The van der Waals surface area contributed by atoms with Gasteiger partial charge in [0.2, 0.25) is 5.91 Å². The van der Waals surface area contributed by atoms with Gasteiger partial charge < -0.3 is 15.0 Å². The maximum atomic E-state index is 12.1. The molecule has 1 heterocycles. The van der Waals surface area contributed by atoms with E-state index in [4.69, 9.17) is 4.74 Å². The lowest BCUT2D eigenvalue weighted by Crippen LogP contribution is -2.34. The van der Waals surface area contributed by atoms with Crippen LogP contribution in [0.2, 0.25) is 0 Å². The minimum Gasteiger partial charge on any atom is -0.452 e. The molecule has 6 nitrogen and oxygen atoms in total. The third-order valence-corrected chi connectivity index (χ3v) is 4.77. The summed E-state index contributed by atoms with van der Waals surface area (Å²) in [7, 11) is 0. The van der Waals surface area contributed by atoms with Gasteiger partial charge in [0.15, 0.2) is 6.61 Å². The second-order valence-corrected chi connectivity index (χ2v) is 6.49. The molecule has 0 aliphatic carbocycles. The molecule has 1 aliphatic rings. The zero-order chi connectivity index (χ0) is 17.0. The lowest BCUT2D eigenvalue weighted by atomic mass is 10.2. The molecule has 1 aliphatic heterocycles. The first-order chi connectivity index (χ1) is 11.0. The Labute approximate surface area is 139 Å². The molecule has 2 amide bonds. The molecule has 0 saturated carbocycles. The van der Waals surface area contributed by atoms with Crippen molar-refractivity contribution in [3.8, 4) is 0 Å². The van der Waals surface area contributed by atoms with E-state index in [2.05, 4.69) is 5.32 Å². The van der Waals surface area contributed by atoms with Crippen molar-refractivity contribution in [3.63, 3.8) is 0 Å². The first kappa shape index (κ1) is 17.3. The van der Waals surface area contributed by atoms with Gasteiger partial charge in [0.25, 0.3) is 5.91 Å². The molecule has 124 valence electrons. The van der Waals surface area contributed by atoms with Gasteiger partial charge in [-0.15, -0.1) is 11.8 Å². The molecule has 7 heteroatoms. The van der Waals surface area contributed by atoms with Crippen molar-refractivity contribution in [2.45, 2.75) is 30.9 Å².